The Labute approximate surface area is 126 Å². The van der Waals surface area contributed by atoms with Gasteiger partial charge in [0.15, 0.2) is 0 Å². The van der Waals surface area contributed by atoms with Crippen LogP contribution in [0.15, 0.2) is 30.3 Å². The number of para-hydroxylation sites is 1. The fraction of sp³-hybridized carbons (Fsp3) is 0.500. The lowest BCUT2D eigenvalue weighted by atomic mass is 9.84. The van der Waals surface area contributed by atoms with Crippen LogP contribution in [-0.2, 0) is 0 Å². The molecule has 112 valence electrons. The van der Waals surface area contributed by atoms with Gasteiger partial charge in [-0.05, 0) is 36.3 Å². The molecule has 1 aliphatic rings. The van der Waals surface area contributed by atoms with E-state index in [1.54, 1.807) is 0 Å². The van der Waals surface area contributed by atoms with Gasteiger partial charge >= 0.3 is 0 Å². The van der Waals surface area contributed by atoms with E-state index in [2.05, 4.69) is 25.8 Å². The molecule has 1 aliphatic heterocycles. The van der Waals surface area contributed by atoms with E-state index in [1.807, 2.05) is 35.2 Å². The van der Waals surface area contributed by atoms with Crippen molar-refractivity contribution in [2.24, 2.45) is 17.8 Å². The molecule has 0 saturated carbocycles. The van der Waals surface area contributed by atoms with Crippen molar-refractivity contribution in [3.63, 3.8) is 0 Å². The quantitative estimate of drug-likeness (QED) is 0.911. The molecule has 1 amide bonds. The number of fused-ring (bicyclic) bond motifs is 1. The van der Waals surface area contributed by atoms with Gasteiger partial charge in [-0.25, -0.2) is 0 Å². The molecule has 1 aromatic carbocycles. The van der Waals surface area contributed by atoms with Crippen LogP contribution in [0.5, 0.6) is 0 Å². The topological polar surface area (TPSA) is 36.1 Å². The first-order chi connectivity index (χ1) is 10.1. The maximum atomic E-state index is 12.6. The van der Waals surface area contributed by atoms with Crippen molar-refractivity contribution < 1.29 is 4.79 Å². The van der Waals surface area contributed by atoms with Gasteiger partial charge in [0, 0.05) is 24.0 Å². The van der Waals surface area contributed by atoms with Crippen molar-refractivity contribution in [3.05, 3.63) is 36.0 Å². The maximum Gasteiger partial charge on any atom is 0.270 e. The Morgan fingerprint density at radius 2 is 2.05 bits per heavy atom. The summed E-state index contributed by atoms with van der Waals surface area (Å²) in [7, 11) is 0. The molecule has 1 fully saturated rings. The Morgan fingerprint density at radius 3 is 2.76 bits per heavy atom. The minimum atomic E-state index is 0.143. The molecule has 0 bridgehead atoms. The van der Waals surface area contributed by atoms with E-state index in [0.29, 0.717) is 23.4 Å². The molecule has 21 heavy (non-hydrogen) atoms. The van der Waals surface area contributed by atoms with Crippen LogP contribution in [0.4, 0.5) is 0 Å². The van der Waals surface area contributed by atoms with Gasteiger partial charge in [-0.2, -0.15) is 0 Å². The molecular weight excluding hydrogens is 260 g/mol. The third-order valence-electron chi connectivity index (χ3n) is 5.07. The molecule has 2 atom stereocenters. The summed E-state index contributed by atoms with van der Waals surface area (Å²) in [6.45, 7) is 8.63. The summed E-state index contributed by atoms with van der Waals surface area (Å²) >= 11 is 0. The van der Waals surface area contributed by atoms with Gasteiger partial charge in [0.25, 0.3) is 5.91 Å². The summed E-state index contributed by atoms with van der Waals surface area (Å²) in [4.78, 5) is 17.9. The molecule has 3 rings (SSSR count). The average Bonchev–Trinajstić information content (AvgIpc) is 3.12. The van der Waals surface area contributed by atoms with Crippen molar-refractivity contribution in [2.45, 2.75) is 27.2 Å². The van der Waals surface area contributed by atoms with Crippen LogP contribution < -0.4 is 0 Å². The standard InChI is InChI=1S/C18H24N2O/c1-12(2)13(3)15-8-9-20(11-15)18(21)17-10-14-6-4-5-7-16(14)19-17/h4-7,10,12-13,15,19H,8-9,11H2,1-3H3. The van der Waals surface area contributed by atoms with Crippen molar-refractivity contribution in [1.82, 2.24) is 9.88 Å². The summed E-state index contributed by atoms with van der Waals surface area (Å²) in [5, 5.41) is 1.10. The zero-order valence-corrected chi connectivity index (χ0v) is 13.1. The summed E-state index contributed by atoms with van der Waals surface area (Å²) in [6, 6.07) is 10.0. The second-order valence-corrected chi connectivity index (χ2v) is 6.67. The highest BCUT2D eigenvalue weighted by atomic mass is 16.2. The molecule has 0 spiro atoms. The Bertz CT molecular complexity index is 610. The van der Waals surface area contributed by atoms with Crippen LogP contribution >= 0.6 is 0 Å². The normalized spacial score (nSPS) is 20.4. The van der Waals surface area contributed by atoms with E-state index >= 15 is 0 Å². The lowest BCUT2D eigenvalue weighted by Crippen LogP contribution is -2.30. The van der Waals surface area contributed by atoms with Gasteiger partial charge in [0.1, 0.15) is 5.69 Å². The number of likely N-dealkylation sites (tertiary alicyclic amines) is 1. The summed E-state index contributed by atoms with van der Waals surface area (Å²) < 4.78 is 0. The number of hydrogen-bond acceptors (Lipinski definition) is 1. The predicted octanol–water partition coefficient (Wildman–Crippen LogP) is 3.92. The second-order valence-electron chi connectivity index (χ2n) is 6.67. The van der Waals surface area contributed by atoms with Crippen molar-refractivity contribution in [3.8, 4) is 0 Å². The van der Waals surface area contributed by atoms with Gasteiger partial charge in [0.05, 0.1) is 0 Å². The SMILES string of the molecule is CC(C)C(C)C1CCN(C(=O)c2cc3ccccc3[nH]2)C1. The van der Waals surface area contributed by atoms with Crippen molar-refractivity contribution in [2.75, 3.05) is 13.1 Å². The monoisotopic (exact) mass is 284 g/mol. The maximum absolute atomic E-state index is 12.6. The van der Waals surface area contributed by atoms with E-state index in [-0.39, 0.29) is 5.91 Å². The summed E-state index contributed by atoms with van der Waals surface area (Å²) in [5.74, 6) is 2.13. The number of nitrogens with one attached hydrogen (secondary N) is 1. The van der Waals surface area contributed by atoms with Crippen LogP contribution in [0.25, 0.3) is 10.9 Å². The number of carbonyl (C=O) groups excluding carboxylic acids is 1. The average molecular weight is 284 g/mol. The minimum Gasteiger partial charge on any atom is -0.351 e. The number of benzene rings is 1. The van der Waals surface area contributed by atoms with Gasteiger partial charge in [-0.1, -0.05) is 39.0 Å². The molecule has 1 N–H and O–H groups in total. The molecule has 1 saturated heterocycles. The van der Waals surface area contributed by atoms with E-state index < -0.39 is 0 Å². The first-order valence-electron chi connectivity index (χ1n) is 7.93. The summed E-state index contributed by atoms with van der Waals surface area (Å²) in [6.07, 6.45) is 1.13. The highest BCUT2D eigenvalue weighted by molar-refractivity contribution is 5.98. The number of aromatic amines is 1. The predicted molar refractivity (Wildman–Crippen MR) is 86.3 cm³/mol. The molecule has 2 heterocycles. The number of amides is 1. The molecule has 2 aromatic rings. The molecule has 0 aliphatic carbocycles. The largest absolute Gasteiger partial charge is 0.351 e. The third kappa shape index (κ3) is 2.69. The molecule has 0 radical (unpaired) electrons. The molecule has 1 aromatic heterocycles. The van der Waals surface area contributed by atoms with Gasteiger partial charge in [-0.15, -0.1) is 0 Å². The van der Waals surface area contributed by atoms with Gasteiger partial charge in [-0.3, -0.25) is 4.79 Å². The third-order valence-corrected chi connectivity index (χ3v) is 5.07. The Morgan fingerprint density at radius 1 is 1.29 bits per heavy atom. The zero-order chi connectivity index (χ0) is 15.0. The van der Waals surface area contributed by atoms with Crippen LogP contribution in [0.1, 0.15) is 37.7 Å². The number of carbonyl (C=O) groups is 1. The Hall–Kier alpha value is -1.77. The molecular formula is C18H24N2O. The van der Waals surface area contributed by atoms with Crippen LogP contribution in [0, 0.1) is 17.8 Å². The lowest BCUT2D eigenvalue weighted by molar-refractivity contribution is 0.0775. The second kappa shape index (κ2) is 5.55. The number of rotatable bonds is 3. The van der Waals surface area contributed by atoms with Gasteiger partial charge < -0.3 is 9.88 Å². The lowest BCUT2D eigenvalue weighted by Gasteiger charge is -2.23. The number of H-pyrrole nitrogens is 1. The first-order valence-corrected chi connectivity index (χ1v) is 7.93. The number of hydrogen-bond donors (Lipinski definition) is 1. The zero-order valence-electron chi connectivity index (χ0n) is 13.1. The fourth-order valence-corrected chi connectivity index (χ4v) is 3.30. The van der Waals surface area contributed by atoms with E-state index in [1.165, 1.54) is 0 Å². The Balaban J connectivity index is 1.74. The van der Waals surface area contributed by atoms with Gasteiger partial charge in [0.2, 0.25) is 0 Å². The Kier molecular flexibility index (Phi) is 3.75. The van der Waals surface area contributed by atoms with Crippen LogP contribution in [-0.4, -0.2) is 28.9 Å². The first kappa shape index (κ1) is 14.2. The number of aromatic nitrogens is 1. The molecule has 3 heteroatoms. The molecule has 2 unspecified atom stereocenters. The van der Waals surface area contributed by atoms with Crippen LogP contribution in [0.2, 0.25) is 0 Å². The summed E-state index contributed by atoms with van der Waals surface area (Å²) in [5.41, 5.74) is 1.75. The van der Waals surface area contributed by atoms with Crippen molar-refractivity contribution in [1.29, 1.82) is 0 Å². The highest BCUT2D eigenvalue weighted by Gasteiger charge is 2.31. The minimum absolute atomic E-state index is 0.143. The van der Waals surface area contributed by atoms with E-state index in [9.17, 15) is 4.79 Å². The molecule has 3 nitrogen and oxygen atoms in total. The van der Waals surface area contributed by atoms with Crippen molar-refractivity contribution >= 4 is 16.8 Å². The van der Waals surface area contributed by atoms with Crippen LogP contribution in [0.3, 0.4) is 0 Å². The fourth-order valence-electron chi connectivity index (χ4n) is 3.30. The van der Waals surface area contributed by atoms with E-state index in [4.69, 9.17) is 0 Å². The number of nitrogens with zero attached hydrogens (tertiary/aromatic N) is 1. The highest BCUT2D eigenvalue weighted by Crippen LogP contribution is 2.30. The smallest absolute Gasteiger partial charge is 0.270 e. The van der Waals surface area contributed by atoms with E-state index in [0.717, 1.165) is 30.4 Å².